The average Bonchev–Trinajstić information content (AvgIpc) is 3.08. The Bertz CT molecular complexity index is 346. The summed E-state index contributed by atoms with van der Waals surface area (Å²) in [5.41, 5.74) is -2.14. The second kappa shape index (κ2) is 4.04. The number of nitrogens with one attached hydrogen (secondary N) is 1. The monoisotopic (exact) mass is 243 g/mol. The van der Waals surface area contributed by atoms with Crippen molar-refractivity contribution >= 4 is 11.7 Å². The summed E-state index contributed by atoms with van der Waals surface area (Å²) in [6, 6.07) is -0.348. The van der Waals surface area contributed by atoms with Gasteiger partial charge in [-0.3, -0.25) is 9.59 Å². The summed E-state index contributed by atoms with van der Waals surface area (Å²) in [6.45, 7) is 0.473. The van der Waals surface area contributed by atoms with E-state index in [1.165, 1.54) is 6.92 Å². The third kappa shape index (κ3) is 1.76. The largest absolute Gasteiger partial charge is 0.393 e. The maximum Gasteiger partial charge on any atom is 0.217 e. The van der Waals surface area contributed by atoms with Crippen LogP contribution in [0.3, 0.4) is 0 Å². The molecule has 1 spiro atoms. The molecule has 1 heterocycles. The number of aliphatic hydroxyl groups excluding tert-OH is 2. The van der Waals surface area contributed by atoms with E-state index in [0.29, 0.717) is 12.8 Å². The number of rotatable bonds is 3. The van der Waals surface area contributed by atoms with Crippen LogP contribution >= 0.6 is 0 Å². The van der Waals surface area contributed by atoms with Crippen molar-refractivity contribution in [1.82, 2.24) is 5.32 Å². The summed E-state index contributed by atoms with van der Waals surface area (Å²) in [6.07, 6.45) is 1.34. The molecular weight excluding hydrogens is 226 g/mol. The first-order valence-electron chi connectivity index (χ1n) is 5.68. The van der Waals surface area contributed by atoms with Gasteiger partial charge >= 0.3 is 0 Å². The number of amides is 1. The Morgan fingerprint density at radius 3 is 2.47 bits per heavy atom. The van der Waals surface area contributed by atoms with Gasteiger partial charge in [-0.2, -0.15) is 0 Å². The van der Waals surface area contributed by atoms with Gasteiger partial charge < -0.3 is 20.3 Å². The second-order valence-corrected chi connectivity index (χ2v) is 4.86. The van der Waals surface area contributed by atoms with Crippen LogP contribution in [-0.2, 0) is 14.3 Å². The Kier molecular flexibility index (Phi) is 2.97. The van der Waals surface area contributed by atoms with E-state index in [1.807, 2.05) is 0 Å². The van der Waals surface area contributed by atoms with Gasteiger partial charge in [0.1, 0.15) is 0 Å². The molecule has 2 aliphatic rings. The first-order valence-corrected chi connectivity index (χ1v) is 5.68. The summed E-state index contributed by atoms with van der Waals surface area (Å²) in [5.74, 6) is -0.502. The Morgan fingerprint density at radius 1 is 1.47 bits per heavy atom. The molecular formula is C11H17NO5. The lowest BCUT2D eigenvalue weighted by atomic mass is 9.79. The lowest BCUT2D eigenvalue weighted by molar-refractivity contribution is -0.181. The molecule has 1 saturated carbocycles. The van der Waals surface area contributed by atoms with Crippen molar-refractivity contribution in [1.29, 1.82) is 0 Å². The molecule has 0 aromatic carbocycles. The highest BCUT2D eigenvalue weighted by molar-refractivity contribution is 5.97. The maximum absolute atomic E-state index is 12.3. The van der Waals surface area contributed by atoms with Crippen molar-refractivity contribution in [3.05, 3.63) is 0 Å². The highest BCUT2D eigenvalue weighted by Gasteiger charge is 2.65. The van der Waals surface area contributed by atoms with Crippen LogP contribution in [0.4, 0.5) is 0 Å². The number of aliphatic hydroxyl groups is 2. The Balaban J connectivity index is 2.21. The minimum atomic E-state index is -1.49. The van der Waals surface area contributed by atoms with Gasteiger partial charge in [-0.15, -0.1) is 0 Å². The van der Waals surface area contributed by atoms with Crippen molar-refractivity contribution in [2.75, 3.05) is 19.8 Å². The minimum Gasteiger partial charge on any atom is -0.393 e. The fourth-order valence-electron chi connectivity index (χ4n) is 2.50. The fraction of sp³-hybridized carbons (Fsp3) is 0.818. The molecule has 1 amide bonds. The molecule has 96 valence electrons. The summed E-state index contributed by atoms with van der Waals surface area (Å²) < 4.78 is 5.30. The normalized spacial score (nSPS) is 29.1. The molecule has 1 atom stereocenters. The number of carbonyl (C=O) groups excluding carboxylic acids is 2. The van der Waals surface area contributed by atoms with Gasteiger partial charge in [0, 0.05) is 6.92 Å². The molecule has 0 unspecified atom stereocenters. The van der Waals surface area contributed by atoms with Crippen LogP contribution in [0.2, 0.25) is 0 Å². The topological polar surface area (TPSA) is 95.9 Å². The van der Waals surface area contributed by atoms with Crippen molar-refractivity contribution in [2.45, 2.75) is 31.4 Å². The van der Waals surface area contributed by atoms with Crippen molar-refractivity contribution in [3.8, 4) is 0 Å². The van der Waals surface area contributed by atoms with Crippen LogP contribution in [0.25, 0.3) is 0 Å². The lowest BCUT2D eigenvalue weighted by Crippen LogP contribution is -2.63. The molecule has 0 aromatic heterocycles. The first kappa shape index (κ1) is 12.5. The van der Waals surface area contributed by atoms with Crippen LogP contribution in [0.15, 0.2) is 0 Å². The van der Waals surface area contributed by atoms with Gasteiger partial charge in [0.15, 0.2) is 11.4 Å². The van der Waals surface area contributed by atoms with E-state index in [-0.39, 0.29) is 24.3 Å². The third-order valence-corrected chi connectivity index (χ3v) is 3.74. The van der Waals surface area contributed by atoms with Crippen molar-refractivity contribution in [2.24, 2.45) is 5.41 Å². The molecule has 0 radical (unpaired) electrons. The summed E-state index contributed by atoms with van der Waals surface area (Å²) in [4.78, 5) is 23.3. The summed E-state index contributed by atoms with van der Waals surface area (Å²) in [7, 11) is 0. The van der Waals surface area contributed by atoms with E-state index in [2.05, 4.69) is 5.32 Å². The number of hydrogen-bond acceptors (Lipinski definition) is 5. The molecule has 6 nitrogen and oxygen atoms in total. The van der Waals surface area contributed by atoms with E-state index in [4.69, 9.17) is 4.74 Å². The maximum atomic E-state index is 12.3. The van der Waals surface area contributed by atoms with E-state index < -0.39 is 24.2 Å². The van der Waals surface area contributed by atoms with Crippen LogP contribution < -0.4 is 5.32 Å². The zero-order valence-corrected chi connectivity index (χ0v) is 9.73. The van der Waals surface area contributed by atoms with E-state index in [0.717, 1.165) is 0 Å². The van der Waals surface area contributed by atoms with E-state index in [1.54, 1.807) is 0 Å². The van der Waals surface area contributed by atoms with Gasteiger partial charge in [-0.25, -0.2) is 0 Å². The van der Waals surface area contributed by atoms with E-state index >= 15 is 0 Å². The minimum absolute atomic E-state index is 0.145. The van der Waals surface area contributed by atoms with Crippen molar-refractivity contribution < 1.29 is 24.5 Å². The van der Waals surface area contributed by atoms with Crippen LogP contribution in [0, 0.1) is 5.41 Å². The number of ketones is 1. The van der Waals surface area contributed by atoms with Crippen molar-refractivity contribution in [3.63, 3.8) is 0 Å². The standard InChI is InChI=1S/C11H17NO5/c1-7(15)12-8-4-17-11(5-13,6-14)9(16)10(8)2-3-10/h8,13-14H,2-6H2,1H3,(H,12,15)/t8-/m1/s1. The molecule has 0 aromatic rings. The molecule has 0 bridgehead atoms. The van der Waals surface area contributed by atoms with Crippen LogP contribution in [-0.4, -0.2) is 53.4 Å². The van der Waals surface area contributed by atoms with Crippen LogP contribution in [0.1, 0.15) is 19.8 Å². The van der Waals surface area contributed by atoms with E-state index in [9.17, 15) is 19.8 Å². The van der Waals surface area contributed by atoms with Crippen LogP contribution in [0.5, 0.6) is 0 Å². The Labute approximate surface area is 99.0 Å². The fourth-order valence-corrected chi connectivity index (χ4v) is 2.50. The summed E-state index contributed by atoms with van der Waals surface area (Å²) >= 11 is 0. The zero-order chi connectivity index (χ0) is 12.7. The predicted octanol–water partition coefficient (Wildman–Crippen LogP) is -1.41. The highest BCUT2D eigenvalue weighted by atomic mass is 16.5. The molecule has 1 aliphatic carbocycles. The quantitative estimate of drug-likeness (QED) is 0.566. The third-order valence-electron chi connectivity index (χ3n) is 3.74. The lowest BCUT2D eigenvalue weighted by Gasteiger charge is -2.41. The second-order valence-electron chi connectivity index (χ2n) is 4.86. The van der Waals surface area contributed by atoms with Gasteiger partial charge in [0.25, 0.3) is 0 Å². The Hall–Kier alpha value is -0.980. The molecule has 6 heteroatoms. The van der Waals surface area contributed by atoms with Gasteiger partial charge in [-0.05, 0) is 12.8 Å². The number of ether oxygens (including phenoxy) is 1. The van der Waals surface area contributed by atoms with Gasteiger partial charge in [-0.1, -0.05) is 0 Å². The van der Waals surface area contributed by atoms with Gasteiger partial charge in [0.05, 0.1) is 31.3 Å². The smallest absolute Gasteiger partial charge is 0.217 e. The molecule has 2 rings (SSSR count). The molecule has 17 heavy (non-hydrogen) atoms. The molecule has 1 aliphatic heterocycles. The number of hydrogen-bond donors (Lipinski definition) is 3. The SMILES string of the molecule is CC(=O)N[C@@H]1COC(CO)(CO)C(=O)C12CC2. The first-order chi connectivity index (χ1) is 8.00. The Morgan fingerprint density at radius 2 is 2.06 bits per heavy atom. The molecule has 1 saturated heterocycles. The number of carbonyl (C=O) groups is 2. The average molecular weight is 243 g/mol. The molecule has 2 fully saturated rings. The van der Waals surface area contributed by atoms with Gasteiger partial charge in [0.2, 0.25) is 5.91 Å². The zero-order valence-electron chi connectivity index (χ0n) is 9.73. The predicted molar refractivity (Wildman–Crippen MR) is 57.1 cm³/mol. The molecule has 3 N–H and O–H groups in total. The summed E-state index contributed by atoms with van der Waals surface area (Å²) in [5, 5.41) is 21.2. The number of Topliss-reactive ketones (excluding diaryl/α,β-unsaturated/α-hetero) is 1. The highest BCUT2D eigenvalue weighted by Crippen LogP contribution is 2.54.